The molecule has 1 unspecified atom stereocenters. The lowest BCUT2D eigenvalue weighted by Gasteiger charge is -2.43. The number of esters is 2. The summed E-state index contributed by atoms with van der Waals surface area (Å²) in [5.74, 6) is -0.612. The summed E-state index contributed by atoms with van der Waals surface area (Å²) in [6.07, 6.45) is 6.76. The smallest absolute Gasteiger partial charge is 0.302 e. The molecule has 2 aliphatic rings. The second-order valence-corrected chi connectivity index (χ2v) is 7.12. The SMILES string of the molecule is CC(=O)OCC(COC(C)=O)=C1CCC2(C)CCCC(C)=C2C1. The Morgan fingerprint density at radius 1 is 1.04 bits per heavy atom. The van der Waals surface area contributed by atoms with Crippen molar-refractivity contribution in [1.29, 1.82) is 0 Å². The van der Waals surface area contributed by atoms with Crippen LogP contribution in [0.15, 0.2) is 22.3 Å². The van der Waals surface area contributed by atoms with Crippen molar-refractivity contribution in [2.45, 2.75) is 66.2 Å². The summed E-state index contributed by atoms with van der Waals surface area (Å²) in [6, 6.07) is 0. The molecule has 0 amide bonds. The molecule has 128 valence electrons. The Labute approximate surface area is 138 Å². The molecule has 0 N–H and O–H groups in total. The highest BCUT2D eigenvalue weighted by molar-refractivity contribution is 5.67. The van der Waals surface area contributed by atoms with Crippen LogP contribution in [0.25, 0.3) is 0 Å². The van der Waals surface area contributed by atoms with Crippen LogP contribution < -0.4 is 0 Å². The van der Waals surface area contributed by atoms with Gasteiger partial charge in [-0.25, -0.2) is 0 Å². The van der Waals surface area contributed by atoms with E-state index in [1.807, 2.05) is 0 Å². The van der Waals surface area contributed by atoms with E-state index in [1.165, 1.54) is 44.3 Å². The summed E-state index contributed by atoms with van der Waals surface area (Å²) in [6.45, 7) is 7.87. The Morgan fingerprint density at radius 3 is 2.22 bits per heavy atom. The van der Waals surface area contributed by atoms with Gasteiger partial charge >= 0.3 is 11.9 Å². The number of ether oxygens (including phenoxy) is 2. The summed E-state index contributed by atoms with van der Waals surface area (Å²) in [4.78, 5) is 22.3. The molecule has 0 aromatic rings. The number of carbonyl (C=O) groups excluding carboxylic acids is 2. The second kappa shape index (κ2) is 7.33. The average molecular weight is 320 g/mol. The van der Waals surface area contributed by atoms with Crippen LogP contribution >= 0.6 is 0 Å². The van der Waals surface area contributed by atoms with Crippen LogP contribution in [0.4, 0.5) is 0 Å². The molecule has 0 radical (unpaired) electrons. The van der Waals surface area contributed by atoms with Crippen molar-refractivity contribution < 1.29 is 19.1 Å². The molecule has 0 aromatic carbocycles. The van der Waals surface area contributed by atoms with E-state index in [0.29, 0.717) is 5.41 Å². The minimum atomic E-state index is -0.306. The van der Waals surface area contributed by atoms with Gasteiger partial charge in [-0.15, -0.1) is 0 Å². The Bertz CT molecular complexity index is 536. The van der Waals surface area contributed by atoms with Crippen molar-refractivity contribution in [2.75, 3.05) is 13.2 Å². The highest BCUT2D eigenvalue weighted by atomic mass is 16.5. The zero-order valence-electron chi connectivity index (χ0n) is 14.8. The number of rotatable bonds is 4. The van der Waals surface area contributed by atoms with Gasteiger partial charge < -0.3 is 9.47 Å². The van der Waals surface area contributed by atoms with E-state index in [0.717, 1.165) is 24.8 Å². The van der Waals surface area contributed by atoms with Crippen LogP contribution in [-0.2, 0) is 19.1 Å². The predicted octanol–water partition coefficient (Wildman–Crippen LogP) is 4.10. The molecule has 1 saturated carbocycles. The standard InChI is InChI=1S/C19H28O4/c1-13-6-5-8-19(4)9-7-16(10-18(13)19)17(11-22-14(2)20)12-23-15(3)21/h5-12H2,1-4H3. The molecule has 1 atom stereocenters. The molecule has 4 heteroatoms. The van der Waals surface area contributed by atoms with Gasteiger partial charge in [-0.3, -0.25) is 9.59 Å². The van der Waals surface area contributed by atoms with Crippen LogP contribution in [-0.4, -0.2) is 25.2 Å². The highest BCUT2D eigenvalue weighted by Crippen LogP contribution is 2.51. The van der Waals surface area contributed by atoms with Crippen LogP contribution in [0.3, 0.4) is 0 Å². The molecule has 23 heavy (non-hydrogen) atoms. The van der Waals surface area contributed by atoms with E-state index in [9.17, 15) is 9.59 Å². The van der Waals surface area contributed by atoms with Gasteiger partial charge in [-0.1, -0.05) is 23.6 Å². The average Bonchev–Trinajstić information content (AvgIpc) is 2.47. The first kappa shape index (κ1) is 17.8. The monoisotopic (exact) mass is 320 g/mol. The van der Waals surface area contributed by atoms with E-state index in [-0.39, 0.29) is 25.2 Å². The fraction of sp³-hybridized carbons (Fsp3) is 0.684. The van der Waals surface area contributed by atoms with Gasteiger partial charge in [0.25, 0.3) is 0 Å². The minimum absolute atomic E-state index is 0.223. The maximum Gasteiger partial charge on any atom is 0.302 e. The molecule has 0 bridgehead atoms. The second-order valence-electron chi connectivity index (χ2n) is 7.12. The lowest BCUT2D eigenvalue weighted by molar-refractivity contribution is -0.141. The molecule has 0 heterocycles. The number of hydrogen-bond acceptors (Lipinski definition) is 4. The van der Waals surface area contributed by atoms with Crippen LogP contribution in [0.2, 0.25) is 0 Å². The quantitative estimate of drug-likeness (QED) is 0.578. The van der Waals surface area contributed by atoms with Crippen molar-refractivity contribution >= 4 is 11.9 Å². The Hall–Kier alpha value is -1.58. The predicted molar refractivity (Wildman–Crippen MR) is 88.8 cm³/mol. The molecule has 2 rings (SSSR count). The third kappa shape index (κ3) is 4.46. The Kier molecular flexibility index (Phi) is 5.66. The van der Waals surface area contributed by atoms with Gasteiger partial charge in [0, 0.05) is 19.4 Å². The third-order valence-corrected chi connectivity index (χ3v) is 5.29. The van der Waals surface area contributed by atoms with Gasteiger partial charge in [0.05, 0.1) is 0 Å². The van der Waals surface area contributed by atoms with Gasteiger partial charge in [-0.2, -0.15) is 0 Å². The summed E-state index contributed by atoms with van der Waals surface area (Å²) in [7, 11) is 0. The minimum Gasteiger partial charge on any atom is -0.461 e. The molecule has 0 aliphatic heterocycles. The van der Waals surface area contributed by atoms with E-state index < -0.39 is 0 Å². The normalized spacial score (nSPS) is 24.1. The number of carbonyl (C=O) groups is 2. The number of hydrogen-bond donors (Lipinski definition) is 0. The molecule has 4 nitrogen and oxygen atoms in total. The number of fused-ring (bicyclic) bond motifs is 1. The molecule has 1 fully saturated rings. The molecule has 2 aliphatic carbocycles. The summed E-state index contributed by atoms with van der Waals surface area (Å²) >= 11 is 0. The zero-order valence-corrected chi connectivity index (χ0v) is 14.8. The Morgan fingerprint density at radius 2 is 1.65 bits per heavy atom. The van der Waals surface area contributed by atoms with E-state index >= 15 is 0 Å². The summed E-state index contributed by atoms with van der Waals surface area (Å²) in [5.41, 5.74) is 5.60. The topological polar surface area (TPSA) is 52.6 Å². The lowest BCUT2D eigenvalue weighted by atomic mass is 9.62. The van der Waals surface area contributed by atoms with Gasteiger partial charge in [0.15, 0.2) is 0 Å². The maximum atomic E-state index is 11.1. The first-order chi connectivity index (χ1) is 10.8. The van der Waals surface area contributed by atoms with Crippen LogP contribution in [0, 0.1) is 5.41 Å². The molecular formula is C19H28O4. The van der Waals surface area contributed by atoms with Crippen molar-refractivity contribution in [3.05, 3.63) is 22.3 Å². The lowest BCUT2D eigenvalue weighted by Crippen LogP contribution is -2.29. The first-order valence-electron chi connectivity index (χ1n) is 8.47. The van der Waals surface area contributed by atoms with Gasteiger partial charge in [0.2, 0.25) is 0 Å². The summed E-state index contributed by atoms with van der Waals surface area (Å²) in [5, 5.41) is 0. The zero-order chi connectivity index (χ0) is 17.0. The van der Waals surface area contributed by atoms with Crippen LogP contribution in [0.5, 0.6) is 0 Å². The first-order valence-corrected chi connectivity index (χ1v) is 8.47. The molecule has 0 spiro atoms. The van der Waals surface area contributed by atoms with Gasteiger partial charge in [0.1, 0.15) is 13.2 Å². The fourth-order valence-electron chi connectivity index (χ4n) is 3.85. The van der Waals surface area contributed by atoms with Crippen LogP contribution in [0.1, 0.15) is 66.2 Å². The molecule has 0 saturated heterocycles. The largest absolute Gasteiger partial charge is 0.461 e. The van der Waals surface area contributed by atoms with Crippen molar-refractivity contribution in [3.63, 3.8) is 0 Å². The van der Waals surface area contributed by atoms with E-state index in [2.05, 4.69) is 13.8 Å². The summed E-state index contributed by atoms with van der Waals surface area (Å²) < 4.78 is 10.3. The highest BCUT2D eigenvalue weighted by Gasteiger charge is 2.37. The van der Waals surface area contributed by atoms with E-state index in [4.69, 9.17) is 9.47 Å². The number of allylic oxidation sites excluding steroid dienone is 3. The molecular weight excluding hydrogens is 292 g/mol. The van der Waals surface area contributed by atoms with E-state index in [1.54, 1.807) is 5.57 Å². The van der Waals surface area contributed by atoms with Crippen molar-refractivity contribution in [1.82, 2.24) is 0 Å². The Balaban J connectivity index is 2.23. The third-order valence-electron chi connectivity index (χ3n) is 5.29. The fourth-order valence-corrected chi connectivity index (χ4v) is 3.85. The maximum absolute atomic E-state index is 11.1. The van der Waals surface area contributed by atoms with Gasteiger partial charge in [-0.05, 0) is 50.9 Å². The van der Waals surface area contributed by atoms with Crippen molar-refractivity contribution in [3.8, 4) is 0 Å². The molecule has 0 aromatic heterocycles. The van der Waals surface area contributed by atoms with Crippen molar-refractivity contribution in [2.24, 2.45) is 5.41 Å².